The number of rotatable bonds is 4. The van der Waals surface area contributed by atoms with Gasteiger partial charge in [0.1, 0.15) is 17.5 Å². The van der Waals surface area contributed by atoms with E-state index in [4.69, 9.17) is 4.74 Å². The molecule has 0 aliphatic carbocycles. The number of halogens is 2. The van der Waals surface area contributed by atoms with Crippen LogP contribution in [-0.4, -0.2) is 43.3 Å². The van der Waals surface area contributed by atoms with Gasteiger partial charge in [-0.1, -0.05) is 6.07 Å². The number of hydrogen-bond donors (Lipinski definition) is 0. The maximum Gasteiger partial charge on any atom is 0.227 e. The van der Waals surface area contributed by atoms with Crippen molar-refractivity contribution in [1.82, 2.24) is 9.97 Å². The minimum atomic E-state index is -0.584. The molecular formula is C16H18F2N4O. The number of anilines is 2. The monoisotopic (exact) mass is 320 g/mol. The molecule has 23 heavy (non-hydrogen) atoms. The summed E-state index contributed by atoms with van der Waals surface area (Å²) in [5, 5.41) is 0. The van der Waals surface area contributed by atoms with Crippen LogP contribution in [0.15, 0.2) is 30.5 Å². The minimum Gasteiger partial charge on any atom is -0.378 e. The molecule has 1 aromatic carbocycles. The maximum atomic E-state index is 13.8. The lowest BCUT2D eigenvalue weighted by Gasteiger charge is -2.28. The fourth-order valence-corrected chi connectivity index (χ4v) is 2.47. The molecule has 1 aromatic heterocycles. The molecule has 0 amide bonds. The predicted molar refractivity (Wildman–Crippen MR) is 83.5 cm³/mol. The molecule has 0 saturated carbocycles. The second kappa shape index (κ2) is 6.87. The van der Waals surface area contributed by atoms with E-state index in [1.165, 1.54) is 12.1 Å². The second-order valence-corrected chi connectivity index (χ2v) is 5.41. The highest BCUT2D eigenvalue weighted by atomic mass is 19.1. The summed E-state index contributed by atoms with van der Waals surface area (Å²) in [6, 6.07) is 5.42. The molecule has 0 N–H and O–H groups in total. The predicted octanol–water partition coefficient (Wildman–Crippen LogP) is 2.23. The van der Waals surface area contributed by atoms with Gasteiger partial charge in [0.25, 0.3) is 0 Å². The maximum absolute atomic E-state index is 13.8. The van der Waals surface area contributed by atoms with Crippen molar-refractivity contribution in [2.24, 2.45) is 0 Å². The summed E-state index contributed by atoms with van der Waals surface area (Å²) in [4.78, 5) is 12.6. The highest BCUT2D eigenvalue weighted by Crippen LogP contribution is 2.18. The summed E-state index contributed by atoms with van der Waals surface area (Å²) in [6.07, 6.45) is 1.69. The Balaban J connectivity index is 1.75. The topological polar surface area (TPSA) is 41.5 Å². The first-order chi connectivity index (χ1) is 11.1. The van der Waals surface area contributed by atoms with Crippen molar-refractivity contribution in [3.05, 3.63) is 47.7 Å². The van der Waals surface area contributed by atoms with Gasteiger partial charge < -0.3 is 14.5 Å². The smallest absolute Gasteiger partial charge is 0.227 e. The summed E-state index contributed by atoms with van der Waals surface area (Å²) >= 11 is 0. The summed E-state index contributed by atoms with van der Waals surface area (Å²) < 4.78 is 32.1. The van der Waals surface area contributed by atoms with Crippen LogP contribution in [0.1, 0.15) is 5.56 Å². The molecule has 1 saturated heterocycles. The van der Waals surface area contributed by atoms with Crippen molar-refractivity contribution in [3.8, 4) is 0 Å². The van der Waals surface area contributed by atoms with Crippen LogP contribution < -0.4 is 9.80 Å². The van der Waals surface area contributed by atoms with Crippen LogP contribution >= 0.6 is 0 Å². The van der Waals surface area contributed by atoms with E-state index in [0.29, 0.717) is 24.7 Å². The van der Waals surface area contributed by atoms with Crippen LogP contribution in [-0.2, 0) is 11.3 Å². The molecule has 1 aliphatic rings. The summed E-state index contributed by atoms with van der Waals surface area (Å²) in [7, 11) is 1.78. The number of morpholine rings is 1. The van der Waals surface area contributed by atoms with Gasteiger partial charge in [-0.2, -0.15) is 4.98 Å². The van der Waals surface area contributed by atoms with Gasteiger partial charge in [0.05, 0.1) is 13.2 Å². The number of ether oxygens (including phenoxy) is 1. The molecule has 1 aliphatic heterocycles. The van der Waals surface area contributed by atoms with E-state index in [1.807, 2.05) is 6.07 Å². The Kier molecular flexibility index (Phi) is 4.66. The first-order valence-corrected chi connectivity index (χ1v) is 7.44. The van der Waals surface area contributed by atoms with Gasteiger partial charge in [-0.25, -0.2) is 13.8 Å². The van der Waals surface area contributed by atoms with Crippen molar-refractivity contribution in [2.45, 2.75) is 6.54 Å². The van der Waals surface area contributed by atoms with Crippen LogP contribution in [0, 0.1) is 11.6 Å². The summed E-state index contributed by atoms with van der Waals surface area (Å²) in [5.74, 6) is 0.170. The fraction of sp³-hybridized carbons (Fsp3) is 0.375. The lowest BCUT2D eigenvalue weighted by molar-refractivity contribution is 0.122. The van der Waals surface area contributed by atoms with Crippen LogP contribution in [0.2, 0.25) is 0 Å². The van der Waals surface area contributed by atoms with Gasteiger partial charge in [-0.3, -0.25) is 0 Å². The molecule has 0 spiro atoms. The summed E-state index contributed by atoms with van der Waals surface area (Å²) in [6.45, 7) is 3.18. The Hall–Kier alpha value is -2.28. The van der Waals surface area contributed by atoms with Gasteiger partial charge in [0.2, 0.25) is 5.95 Å². The third-order valence-corrected chi connectivity index (χ3v) is 3.73. The van der Waals surface area contributed by atoms with E-state index in [2.05, 4.69) is 14.9 Å². The molecule has 0 bridgehead atoms. The van der Waals surface area contributed by atoms with Crippen LogP contribution in [0.25, 0.3) is 0 Å². The largest absolute Gasteiger partial charge is 0.378 e. The Morgan fingerprint density at radius 3 is 2.74 bits per heavy atom. The first-order valence-electron chi connectivity index (χ1n) is 7.44. The zero-order valence-electron chi connectivity index (χ0n) is 12.9. The Bertz CT molecular complexity index is 677. The third kappa shape index (κ3) is 3.73. The number of hydrogen-bond acceptors (Lipinski definition) is 5. The zero-order valence-corrected chi connectivity index (χ0v) is 12.9. The third-order valence-electron chi connectivity index (χ3n) is 3.73. The first kappa shape index (κ1) is 15.6. The average Bonchev–Trinajstić information content (AvgIpc) is 2.58. The highest BCUT2D eigenvalue weighted by molar-refractivity contribution is 5.44. The van der Waals surface area contributed by atoms with E-state index in [9.17, 15) is 8.78 Å². The quantitative estimate of drug-likeness (QED) is 0.864. The van der Waals surface area contributed by atoms with E-state index in [-0.39, 0.29) is 6.54 Å². The van der Waals surface area contributed by atoms with Crippen LogP contribution in [0.4, 0.5) is 20.5 Å². The lowest BCUT2D eigenvalue weighted by atomic mass is 10.2. The molecule has 2 aromatic rings. The van der Waals surface area contributed by atoms with E-state index >= 15 is 0 Å². The number of benzene rings is 1. The van der Waals surface area contributed by atoms with E-state index in [1.54, 1.807) is 18.1 Å². The molecule has 5 nitrogen and oxygen atoms in total. The van der Waals surface area contributed by atoms with Gasteiger partial charge >= 0.3 is 0 Å². The molecule has 0 atom stereocenters. The van der Waals surface area contributed by atoms with Gasteiger partial charge in [-0.05, 0) is 12.1 Å². The lowest BCUT2D eigenvalue weighted by Crippen LogP contribution is -2.37. The number of nitrogens with zero attached hydrogens (tertiary/aromatic N) is 4. The Labute approximate surface area is 133 Å². The van der Waals surface area contributed by atoms with Crippen molar-refractivity contribution < 1.29 is 13.5 Å². The highest BCUT2D eigenvalue weighted by Gasteiger charge is 2.15. The second-order valence-electron chi connectivity index (χ2n) is 5.41. The van der Waals surface area contributed by atoms with Gasteiger partial charge in [-0.15, -0.1) is 0 Å². The van der Waals surface area contributed by atoms with E-state index < -0.39 is 11.6 Å². The molecule has 122 valence electrons. The molecule has 0 unspecified atom stereocenters. The molecule has 7 heteroatoms. The van der Waals surface area contributed by atoms with Gasteiger partial charge in [0, 0.05) is 44.5 Å². The molecule has 2 heterocycles. The molecular weight excluding hydrogens is 302 g/mol. The molecule has 1 fully saturated rings. The SMILES string of the molecule is CN(Cc1ccc(F)cc1F)c1nccc(N2CCOCC2)n1. The normalized spacial score (nSPS) is 14.8. The summed E-state index contributed by atoms with van der Waals surface area (Å²) in [5.41, 5.74) is 0.397. The average molecular weight is 320 g/mol. The van der Waals surface area contributed by atoms with Crippen LogP contribution in [0.5, 0.6) is 0 Å². The zero-order chi connectivity index (χ0) is 16.2. The van der Waals surface area contributed by atoms with Crippen LogP contribution in [0.3, 0.4) is 0 Å². The van der Waals surface area contributed by atoms with E-state index in [0.717, 1.165) is 25.0 Å². The van der Waals surface area contributed by atoms with Crippen molar-refractivity contribution in [3.63, 3.8) is 0 Å². The number of aromatic nitrogens is 2. The Morgan fingerprint density at radius 1 is 1.22 bits per heavy atom. The molecule has 3 rings (SSSR count). The van der Waals surface area contributed by atoms with Crippen molar-refractivity contribution >= 4 is 11.8 Å². The standard InChI is InChI=1S/C16H18F2N4O/c1-21(11-12-2-3-13(17)10-14(12)18)16-19-5-4-15(20-16)22-6-8-23-9-7-22/h2-5,10H,6-9,11H2,1H3. The van der Waals surface area contributed by atoms with Crippen molar-refractivity contribution in [1.29, 1.82) is 0 Å². The van der Waals surface area contributed by atoms with Crippen molar-refractivity contribution in [2.75, 3.05) is 43.2 Å². The molecule has 0 radical (unpaired) electrons. The van der Waals surface area contributed by atoms with Gasteiger partial charge in [0.15, 0.2) is 0 Å². The minimum absolute atomic E-state index is 0.263. The fourth-order valence-electron chi connectivity index (χ4n) is 2.47. The Morgan fingerprint density at radius 2 is 2.00 bits per heavy atom.